The maximum absolute atomic E-state index is 6.19. The highest BCUT2D eigenvalue weighted by molar-refractivity contribution is 5.72. The van der Waals surface area contributed by atoms with Gasteiger partial charge in [-0.2, -0.15) is 0 Å². The Hall–Kier alpha value is -1.64. The third-order valence-electron chi connectivity index (χ3n) is 3.56. The molecular formula is C17H26N2O. The normalized spacial score (nSPS) is 16.7. The van der Waals surface area contributed by atoms with E-state index in [1.165, 1.54) is 5.56 Å². The molecule has 0 unspecified atom stereocenters. The SMILES string of the molecule is C=C1Nc2cc(NC(C)C)cc(C(C)C)c2OC1(C)C. The van der Waals surface area contributed by atoms with E-state index in [2.05, 4.69) is 57.0 Å². The Labute approximate surface area is 122 Å². The van der Waals surface area contributed by atoms with E-state index in [0.29, 0.717) is 12.0 Å². The summed E-state index contributed by atoms with van der Waals surface area (Å²) in [6.07, 6.45) is 0. The predicted molar refractivity (Wildman–Crippen MR) is 86.8 cm³/mol. The zero-order valence-corrected chi connectivity index (χ0v) is 13.4. The van der Waals surface area contributed by atoms with Crippen molar-refractivity contribution < 1.29 is 4.74 Å². The molecule has 0 amide bonds. The second-order valence-electron chi connectivity index (χ2n) is 6.61. The molecule has 1 aliphatic heterocycles. The molecule has 0 atom stereocenters. The van der Waals surface area contributed by atoms with Crippen molar-refractivity contribution >= 4 is 11.4 Å². The predicted octanol–water partition coefficient (Wildman–Crippen LogP) is 4.73. The Bertz CT molecular complexity index is 530. The first kappa shape index (κ1) is 14.8. The fourth-order valence-corrected chi connectivity index (χ4v) is 2.33. The van der Waals surface area contributed by atoms with E-state index < -0.39 is 0 Å². The van der Waals surface area contributed by atoms with Crippen LogP contribution in [-0.4, -0.2) is 11.6 Å². The molecule has 0 saturated carbocycles. The maximum Gasteiger partial charge on any atom is 0.147 e. The van der Waals surface area contributed by atoms with E-state index in [9.17, 15) is 0 Å². The van der Waals surface area contributed by atoms with Crippen LogP contribution in [0.25, 0.3) is 0 Å². The standard InChI is InChI=1S/C17H26N2O/c1-10(2)14-8-13(18-11(3)4)9-15-16(14)20-17(6,7)12(5)19-15/h8-11,18-19H,5H2,1-4,6-7H3. The molecule has 2 rings (SSSR count). The van der Waals surface area contributed by atoms with Gasteiger partial charge in [-0.25, -0.2) is 0 Å². The number of fused-ring (bicyclic) bond motifs is 1. The monoisotopic (exact) mass is 274 g/mol. The fourth-order valence-electron chi connectivity index (χ4n) is 2.33. The Kier molecular flexibility index (Phi) is 3.72. The molecule has 1 aromatic rings. The number of rotatable bonds is 3. The molecule has 1 aromatic carbocycles. The number of benzene rings is 1. The van der Waals surface area contributed by atoms with E-state index in [-0.39, 0.29) is 5.60 Å². The molecule has 0 saturated heterocycles. The topological polar surface area (TPSA) is 33.3 Å². The van der Waals surface area contributed by atoms with Crippen LogP contribution < -0.4 is 15.4 Å². The highest BCUT2D eigenvalue weighted by Crippen LogP contribution is 2.44. The van der Waals surface area contributed by atoms with Crippen LogP contribution in [0.15, 0.2) is 24.4 Å². The fraction of sp³-hybridized carbons (Fsp3) is 0.529. The van der Waals surface area contributed by atoms with Crippen molar-refractivity contribution in [2.24, 2.45) is 0 Å². The largest absolute Gasteiger partial charge is 0.479 e. The number of nitrogens with one attached hydrogen (secondary N) is 2. The van der Waals surface area contributed by atoms with Gasteiger partial charge in [-0.1, -0.05) is 20.4 Å². The third-order valence-corrected chi connectivity index (χ3v) is 3.56. The van der Waals surface area contributed by atoms with Gasteiger partial charge in [0, 0.05) is 17.3 Å². The average molecular weight is 274 g/mol. The van der Waals surface area contributed by atoms with Crippen LogP contribution in [0.2, 0.25) is 0 Å². The molecule has 0 aliphatic carbocycles. The molecular weight excluding hydrogens is 248 g/mol. The minimum Gasteiger partial charge on any atom is -0.479 e. The second-order valence-corrected chi connectivity index (χ2v) is 6.61. The van der Waals surface area contributed by atoms with Crippen molar-refractivity contribution in [3.05, 3.63) is 30.0 Å². The highest BCUT2D eigenvalue weighted by Gasteiger charge is 2.32. The zero-order chi connectivity index (χ0) is 15.1. The van der Waals surface area contributed by atoms with E-state index >= 15 is 0 Å². The van der Waals surface area contributed by atoms with Gasteiger partial charge >= 0.3 is 0 Å². The summed E-state index contributed by atoms with van der Waals surface area (Å²) in [4.78, 5) is 0. The van der Waals surface area contributed by atoms with E-state index in [4.69, 9.17) is 4.74 Å². The van der Waals surface area contributed by atoms with Gasteiger partial charge in [-0.15, -0.1) is 0 Å². The number of hydrogen-bond acceptors (Lipinski definition) is 3. The Balaban J connectivity index is 2.51. The quantitative estimate of drug-likeness (QED) is 0.836. The molecule has 20 heavy (non-hydrogen) atoms. The lowest BCUT2D eigenvalue weighted by atomic mass is 9.96. The number of ether oxygens (including phenoxy) is 1. The third kappa shape index (κ3) is 2.77. The second kappa shape index (κ2) is 5.04. The summed E-state index contributed by atoms with van der Waals surface area (Å²) < 4.78 is 6.19. The lowest BCUT2D eigenvalue weighted by Gasteiger charge is -2.37. The smallest absolute Gasteiger partial charge is 0.147 e. The summed E-state index contributed by atoms with van der Waals surface area (Å²) in [5.74, 6) is 1.35. The van der Waals surface area contributed by atoms with Gasteiger partial charge in [0.05, 0.1) is 11.4 Å². The van der Waals surface area contributed by atoms with Crippen LogP contribution in [0, 0.1) is 0 Å². The molecule has 0 aromatic heterocycles. The first-order valence-corrected chi connectivity index (χ1v) is 7.30. The van der Waals surface area contributed by atoms with E-state index in [0.717, 1.165) is 22.8 Å². The van der Waals surface area contributed by atoms with Crippen molar-refractivity contribution in [3.63, 3.8) is 0 Å². The molecule has 0 radical (unpaired) electrons. The molecule has 0 fully saturated rings. The summed E-state index contributed by atoms with van der Waals surface area (Å²) in [6, 6.07) is 4.69. The number of hydrogen-bond donors (Lipinski definition) is 2. The van der Waals surface area contributed by atoms with Crippen LogP contribution in [0.1, 0.15) is 53.0 Å². The molecule has 1 aliphatic rings. The van der Waals surface area contributed by atoms with Crippen molar-refractivity contribution in [2.75, 3.05) is 10.6 Å². The molecule has 0 spiro atoms. The Morgan fingerprint density at radius 1 is 1.20 bits per heavy atom. The van der Waals surface area contributed by atoms with Crippen molar-refractivity contribution in [3.8, 4) is 5.75 Å². The average Bonchev–Trinajstić information content (AvgIpc) is 2.29. The van der Waals surface area contributed by atoms with Crippen LogP contribution in [0.3, 0.4) is 0 Å². The Morgan fingerprint density at radius 3 is 2.40 bits per heavy atom. The van der Waals surface area contributed by atoms with Crippen LogP contribution in [0.5, 0.6) is 5.75 Å². The van der Waals surface area contributed by atoms with E-state index in [1.54, 1.807) is 0 Å². The maximum atomic E-state index is 6.19. The summed E-state index contributed by atoms with van der Waals surface area (Å²) in [6.45, 7) is 16.8. The summed E-state index contributed by atoms with van der Waals surface area (Å²) >= 11 is 0. The first-order valence-electron chi connectivity index (χ1n) is 7.30. The number of anilines is 2. The van der Waals surface area contributed by atoms with Crippen LogP contribution in [-0.2, 0) is 0 Å². The van der Waals surface area contributed by atoms with Gasteiger partial charge in [0.1, 0.15) is 11.4 Å². The van der Waals surface area contributed by atoms with E-state index in [1.807, 2.05) is 13.8 Å². The Morgan fingerprint density at radius 2 is 1.85 bits per heavy atom. The minimum atomic E-state index is -0.385. The molecule has 0 bridgehead atoms. The van der Waals surface area contributed by atoms with Crippen molar-refractivity contribution in [1.29, 1.82) is 0 Å². The lowest BCUT2D eigenvalue weighted by Crippen LogP contribution is -2.38. The minimum absolute atomic E-state index is 0.385. The molecule has 3 heteroatoms. The van der Waals surface area contributed by atoms with Gasteiger partial charge in [-0.05, 0) is 45.7 Å². The van der Waals surface area contributed by atoms with Gasteiger partial charge in [0.2, 0.25) is 0 Å². The molecule has 110 valence electrons. The lowest BCUT2D eigenvalue weighted by molar-refractivity contribution is 0.142. The first-order chi connectivity index (χ1) is 9.20. The molecule has 1 heterocycles. The molecule has 3 nitrogen and oxygen atoms in total. The molecule has 2 N–H and O–H groups in total. The van der Waals surface area contributed by atoms with Gasteiger partial charge in [-0.3, -0.25) is 0 Å². The van der Waals surface area contributed by atoms with Gasteiger partial charge in [0.25, 0.3) is 0 Å². The summed E-state index contributed by atoms with van der Waals surface area (Å²) in [5.41, 5.74) is 3.85. The van der Waals surface area contributed by atoms with Crippen molar-refractivity contribution in [1.82, 2.24) is 0 Å². The van der Waals surface area contributed by atoms with Crippen LogP contribution >= 0.6 is 0 Å². The summed E-state index contributed by atoms with van der Waals surface area (Å²) in [5, 5.41) is 6.86. The highest BCUT2D eigenvalue weighted by atomic mass is 16.5. The zero-order valence-electron chi connectivity index (χ0n) is 13.4. The van der Waals surface area contributed by atoms with Crippen molar-refractivity contribution in [2.45, 2.75) is 59.1 Å². The summed E-state index contributed by atoms with van der Waals surface area (Å²) in [7, 11) is 0. The van der Waals surface area contributed by atoms with Gasteiger partial charge < -0.3 is 15.4 Å². The van der Waals surface area contributed by atoms with Crippen LogP contribution in [0.4, 0.5) is 11.4 Å². The van der Waals surface area contributed by atoms with Gasteiger partial charge in [0.15, 0.2) is 0 Å².